The maximum absolute atomic E-state index is 13.4. The lowest BCUT2D eigenvalue weighted by atomic mass is 9.93. The van der Waals surface area contributed by atoms with Crippen molar-refractivity contribution < 1.29 is 14.3 Å². The van der Waals surface area contributed by atoms with Crippen LogP contribution in [0.3, 0.4) is 0 Å². The van der Waals surface area contributed by atoms with Gasteiger partial charge in [-0.15, -0.1) is 0 Å². The van der Waals surface area contributed by atoms with Crippen LogP contribution < -0.4 is 10.3 Å². The molecular weight excluding hydrogens is 392 g/mol. The molecule has 29 heavy (non-hydrogen) atoms. The molecule has 2 aromatic rings. The molecule has 1 aromatic carbocycles. The number of ether oxygens (including phenoxy) is 2. The van der Waals surface area contributed by atoms with Crippen LogP contribution in [0.1, 0.15) is 52.2 Å². The summed E-state index contributed by atoms with van der Waals surface area (Å²) in [6, 6.07) is 3.78. The number of amides is 1. The molecule has 1 amide bonds. The van der Waals surface area contributed by atoms with Crippen molar-refractivity contribution in [1.29, 1.82) is 0 Å². The number of aromatic nitrogens is 1. The van der Waals surface area contributed by atoms with Gasteiger partial charge in [0.15, 0.2) is 0 Å². The van der Waals surface area contributed by atoms with Crippen molar-refractivity contribution in [2.75, 3.05) is 13.7 Å². The number of hydrogen-bond acceptors (Lipinski definition) is 4. The van der Waals surface area contributed by atoms with Crippen LogP contribution in [-0.2, 0) is 24.3 Å². The monoisotopic (exact) mass is 418 g/mol. The van der Waals surface area contributed by atoms with Crippen LogP contribution in [0.15, 0.2) is 16.9 Å². The van der Waals surface area contributed by atoms with Crippen molar-refractivity contribution >= 4 is 17.5 Å². The Bertz CT molecular complexity index is 997. The third-order valence-electron chi connectivity index (χ3n) is 5.07. The number of fused-ring (bicyclic) bond motifs is 1. The first-order chi connectivity index (χ1) is 13.7. The van der Waals surface area contributed by atoms with E-state index in [-0.39, 0.29) is 24.1 Å². The van der Waals surface area contributed by atoms with Gasteiger partial charge < -0.3 is 19.4 Å². The smallest absolute Gasteiger partial charge is 0.256 e. The molecular formula is C22H27ClN2O4. The van der Waals surface area contributed by atoms with Crippen molar-refractivity contribution in [2.24, 2.45) is 0 Å². The maximum atomic E-state index is 13.4. The van der Waals surface area contributed by atoms with Crippen LogP contribution in [0.25, 0.3) is 0 Å². The number of carbonyl (C=O) groups is 1. The number of hydrogen-bond donors (Lipinski definition) is 1. The summed E-state index contributed by atoms with van der Waals surface area (Å²) in [5, 5.41) is 0.317. The van der Waals surface area contributed by atoms with Gasteiger partial charge in [-0.2, -0.15) is 0 Å². The normalized spacial score (nSPS) is 13.8. The van der Waals surface area contributed by atoms with Crippen molar-refractivity contribution in [3.8, 4) is 5.75 Å². The molecule has 1 N–H and O–H groups in total. The lowest BCUT2D eigenvalue weighted by Gasteiger charge is -2.31. The summed E-state index contributed by atoms with van der Waals surface area (Å²) >= 11 is 6.61. The molecule has 0 radical (unpaired) electrons. The van der Waals surface area contributed by atoms with E-state index in [1.54, 1.807) is 12.0 Å². The first-order valence-corrected chi connectivity index (χ1v) is 10.1. The first-order valence-electron chi connectivity index (χ1n) is 9.71. The number of carbonyl (C=O) groups excluding carboxylic acids is 1. The number of nitrogens with zero attached hydrogens (tertiary/aromatic N) is 1. The average Bonchev–Trinajstić information content (AvgIpc) is 2.62. The van der Waals surface area contributed by atoms with Gasteiger partial charge in [0.2, 0.25) is 0 Å². The Morgan fingerprint density at radius 1 is 1.24 bits per heavy atom. The van der Waals surface area contributed by atoms with Crippen LogP contribution in [-0.4, -0.2) is 35.5 Å². The zero-order chi connectivity index (χ0) is 21.3. The summed E-state index contributed by atoms with van der Waals surface area (Å²) in [6.07, 6.45) is 0.564. The molecule has 1 aliphatic rings. The van der Waals surface area contributed by atoms with Gasteiger partial charge in [0.05, 0.1) is 29.8 Å². The lowest BCUT2D eigenvalue weighted by Crippen LogP contribution is -2.39. The highest BCUT2D eigenvalue weighted by Gasteiger charge is 2.31. The molecule has 1 aliphatic heterocycles. The molecule has 0 saturated heterocycles. The SMILES string of the molecule is COCc1cc(OC(C)C)c(Cl)c2c1CCN(Cc1c(C)cc(C)[nH]c1=O)C2=O. The van der Waals surface area contributed by atoms with Crippen LogP contribution in [0.4, 0.5) is 0 Å². The van der Waals surface area contributed by atoms with E-state index in [0.717, 1.165) is 22.4 Å². The summed E-state index contributed by atoms with van der Waals surface area (Å²) < 4.78 is 11.2. The number of rotatable bonds is 6. The highest BCUT2D eigenvalue weighted by molar-refractivity contribution is 6.35. The van der Waals surface area contributed by atoms with E-state index in [1.165, 1.54) is 0 Å². The topological polar surface area (TPSA) is 71.6 Å². The maximum Gasteiger partial charge on any atom is 0.256 e. The van der Waals surface area contributed by atoms with Crippen molar-refractivity contribution in [3.05, 3.63) is 61.0 Å². The predicted octanol–water partition coefficient (Wildman–Crippen LogP) is 3.78. The molecule has 0 fully saturated rings. The van der Waals surface area contributed by atoms with E-state index in [4.69, 9.17) is 21.1 Å². The van der Waals surface area contributed by atoms with Gasteiger partial charge in [-0.05, 0) is 62.9 Å². The van der Waals surface area contributed by atoms with Gasteiger partial charge in [0.1, 0.15) is 5.75 Å². The first kappa shape index (κ1) is 21.4. The summed E-state index contributed by atoms with van der Waals surface area (Å²) in [7, 11) is 1.62. The Kier molecular flexibility index (Phi) is 6.34. The summed E-state index contributed by atoms with van der Waals surface area (Å²) in [4.78, 5) is 30.3. The number of aryl methyl sites for hydroxylation is 2. The Labute approximate surface area is 175 Å². The van der Waals surface area contributed by atoms with E-state index in [1.807, 2.05) is 39.8 Å². The second-order valence-corrected chi connectivity index (χ2v) is 8.10. The van der Waals surface area contributed by atoms with Crippen molar-refractivity contribution in [3.63, 3.8) is 0 Å². The fraction of sp³-hybridized carbons (Fsp3) is 0.455. The highest BCUT2D eigenvalue weighted by Crippen LogP contribution is 2.38. The fourth-order valence-corrected chi connectivity index (χ4v) is 4.08. The van der Waals surface area contributed by atoms with Gasteiger partial charge in [-0.3, -0.25) is 9.59 Å². The van der Waals surface area contributed by atoms with Crippen molar-refractivity contribution in [2.45, 2.75) is 53.4 Å². The number of methoxy groups -OCH3 is 1. The molecule has 3 rings (SSSR count). The molecule has 7 heteroatoms. The van der Waals surface area contributed by atoms with Crippen molar-refractivity contribution in [1.82, 2.24) is 9.88 Å². The minimum absolute atomic E-state index is 0.0792. The van der Waals surface area contributed by atoms with Crippen LogP contribution in [0, 0.1) is 13.8 Å². The Morgan fingerprint density at radius 2 is 1.97 bits per heavy atom. The molecule has 0 saturated carbocycles. The number of benzene rings is 1. The van der Waals surface area contributed by atoms with Gasteiger partial charge in [-0.1, -0.05) is 11.6 Å². The molecule has 2 heterocycles. The predicted molar refractivity (Wildman–Crippen MR) is 113 cm³/mol. The van der Waals surface area contributed by atoms with E-state index in [9.17, 15) is 9.59 Å². The van der Waals surface area contributed by atoms with E-state index in [2.05, 4.69) is 4.98 Å². The molecule has 156 valence electrons. The van der Waals surface area contributed by atoms with Crippen LogP contribution in [0.5, 0.6) is 5.75 Å². The average molecular weight is 419 g/mol. The minimum atomic E-state index is -0.192. The third kappa shape index (κ3) is 4.33. The Balaban J connectivity index is 2.02. The Morgan fingerprint density at radius 3 is 2.59 bits per heavy atom. The molecule has 0 bridgehead atoms. The molecule has 0 unspecified atom stereocenters. The van der Waals surface area contributed by atoms with Gasteiger partial charge in [0, 0.05) is 24.9 Å². The second kappa shape index (κ2) is 8.59. The second-order valence-electron chi connectivity index (χ2n) is 7.72. The standard InChI is InChI=1S/C22H27ClN2O4/c1-12(2)29-18-9-15(11-28-5)16-6-7-25(22(27)19(16)20(18)23)10-17-13(3)8-14(4)24-21(17)26/h8-9,12H,6-7,10-11H2,1-5H3,(H,24,26). The minimum Gasteiger partial charge on any atom is -0.489 e. The zero-order valence-electron chi connectivity index (χ0n) is 17.5. The molecule has 0 atom stereocenters. The molecule has 1 aromatic heterocycles. The third-order valence-corrected chi connectivity index (χ3v) is 5.44. The number of aromatic amines is 1. The summed E-state index contributed by atoms with van der Waals surface area (Å²) in [6.45, 7) is 8.67. The molecule has 0 aliphatic carbocycles. The number of halogens is 1. The van der Waals surface area contributed by atoms with E-state index < -0.39 is 0 Å². The van der Waals surface area contributed by atoms with E-state index in [0.29, 0.717) is 41.5 Å². The van der Waals surface area contributed by atoms with E-state index >= 15 is 0 Å². The van der Waals surface area contributed by atoms with Gasteiger partial charge >= 0.3 is 0 Å². The Hall–Kier alpha value is -2.31. The number of nitrogens with one attached hydrogen (secondary N) is 1. The highest BCUT2D eigenvalue weighted by atomic mass is 35.5. The molecule has 6 nitrogen and oxygen atoms in total. The van der Waals surface area contributed by atoms with Gasteiger partial charge in [0.25, 0.3) is 11.5 Å². The van der Waals surface area contributed by atoms with Gasteiger partial charge in [-0.25, -0.2) is 0 Å². The number of pyridine rings is 1. The lowest BCUT2D eigenvalue weighted by molar-refractivity contribution is 0.0723. The van der Waals surface area contributed by atoms with Crippen LogP contribution in [0.2, 0.25) is 5.02 Å². The summed E-state index contributed by atoms with van der Waals surface area (Å²) in [5.41, 5.74) is 4.34. The van der Waals surface area contributed by atoms with Crippen LogP contribution >= 0.6 is 11.6 Å². The molecule has 0 spiro atoms. The largest absolute Gasteiger partial charge is 0.489 e. The number of H-pyrrole nitrogens is 1. The fourth-order valence-electron chi connectivity index (χ4n) is 3.78. The zero-order valence-corrected chi connectivity index (χ0v) is 18.3. The summed E-state index contributed by atoms with van der Waals surface area (Å²) in [5.74, 6) is 0.286. The quantitative estimate of drug-likeness (QED) is 0.774.